The van der Waals surface area contributed by atoms with Crippen molar-refractivity contribution in [2.75, 3.05) is 39.4 Å². The summed E-state index contributed by atoms with van der Waals surface area (Å²) in [5, 5.41) is 6.50. The van der Waals surface area contributed by atoms with E-state index in [1.165, 1.54) is 17.5 Å². The van der Waals surface area contributed by atoms with E-state index in [0.29, 0.717) is 6.54 Å². The van der Waals surface area contributed by atoms with Crippen molar-refractivity contribution in [3.05, 3.63) is 35.4 Å². The Morgan fingerprint density at radius 2 is 1.92 bits per heavy atom. The average Bonchev–Trinajstić information content (AvgIpc) is 2.65. The molecule has 7 heteroatoms. The maximum Gasteiger partial charge on any atom is 0.237 e. The van der Waals surface area contributed by atoms with Crippen LogP contribution in [0, 0.1) is 6.92 Å². The lowest BCUT2D eigenvalue weighted by atomic mass is 10.0. The largest absolute Gasteiger partial charge is 0.379 e. The minimum Gasteiger partial charge on any atom is -0.379 e. The maximum absolute atomic E-state index is 12.5. The van der Waals surface area contributed by atoms with Gasteiger partial charge in [0, 0.05) is 19.6 Å². The Bertz CT molecular complexity index is 530. The molecule has 148 valence electrons. The number of benzene rings is 1. The number of amides is 1. The summed E-state index contributed by atoms with van der Waals surface area (Å²) in [4.78, 5) is 14.9. The molecular formula is C19H31Cl2N3O2. The number of hydrogen-bond acceptors (Lipinski definition) is 4. The molecule has 1 aromatic rings. The fraction of sp³-hybridized carbons (Fsp3) is 0.632. The van der Waals surface area contributed by atoms with Crippen molar-refractivity contribution in [3.63, 3.8) is 0 Å². The molecule has 2 heterocycles. The zero-order valence-corrected chi connectivity index (χ0v) is 17.0. The van der Waals surface area contributed by atoms with Gasteiger partial charge in [0.1, 0.15) is 0 Å². The van der Waals surface area contributed by atoms with Crippen LogP contribution < -0.4 is 10.6 Å². The first-order valence-electron chi connectivity index (χ1n) is 9.13. The molecule has 0 spiro atoms. The minimum atomic E-state index is -0.0258. The van der Waals surface area contributed by atoms with E-state index in [-0.39, 0.29) is 42.8 Å². The highest BCUT2D eigenvalue weighted by Crippen LogP contribution is 2.22. The molecule has 2 aliphatic rings. The summed E-state index contributed by atoms with van der Waals surface area (Å²) in [7, 11) is 0. The van der Waals surface area contributed by atoms with Crippen molar-refractivity contribution in [2.45, 2.75) is 38.3 Å². The first kappa shape index (κ1) is 23.2. The smallest absolute Gasteiger partial charge is 0.237 e. The molecule has 1 unspecified atom stereocenters. The third kappa shape index (κ3) is 6.39. The summed E-state index contributed by atoms with van der Waals surface area (Å²) >= 11 is 0. The van der Waals surface area contributed by atoms with Crippen LogP contribution in [0.1, 0.15) is 36.4 Å². The Morgan fingerprint density at radius 1 is 1.23 bits per heavy atom. The molecular weight excluding hydrogens is 373 g/mol. The van der Waals surface area contributed by atoms with Gasteiger partial charge in [-0.2, -0.15) is 0 Å². The third-order valence-corrected chi connectivity index (χ3v) is 5.05. The van der Waals surface area contributed by atoms with Crippen molar-refractivity contribution >= 4 is 30.7 Å². The van der Waals surface area contributed by atoms with E-state index in [0.717, 1.165) is 45.7 Å². The van der Waals surface area contributed by atoms with E-state index >= 15 is 0 Å². The lowest BCUT2D eigenvalue weighted by molar-refractivity contribution is -0.124. The molecule has 2 atom stereocenters. The van der Waals surface area contributed by atoms with Crippen LogP contribution in [0.15, 0.2) is 24.3 Å². The molecule has 0 saturated carbocycles. The normalized spacial score (nSPS) is 21.8. The van der Waals surface area contributed by atoms with Gasteiger partial charge in [0.05, 0.1) is 25.3 Å². The lowest BCUT2D eigenvalue weighted by Gasteiger charge is -2.35. The standard InChI is InChI=1S/C19H29N3O2.2ClH/c1-15-5-7-16(8-6-15)18(22-10-12-24-13-11-22)14-21-19(23)17-4-2-3-9-20-17;;/h5-8,17-18,20H,2-4,9-14H2,1H3,(H,21,23);2*1H/t17-,18?;;/m1../s1. The number of carbonyl (C=O) groups excluding carboxylic acids is 1. The van der Waals surface area contributed by atoms with Crippen molar-refractivity contribution in [1.82, 2.24) is 15.5 Å². The van der Waals surface area contributed by atoms with Crippen molar-refractivity contribution < 1.29 is 9.53 Å². The Balaban J connectivity index is 0.00000169. The van der Waals surface area contributed by atoms with Crippen LogP contribution in [-0.4, -0.2) is 56.2 Å². The number of rotatable bonds is 5. The van der Waals surface area contributed by atoms with E-state index in [4.69, 9.17) is 4.74 Å². The summed E-state index contributed by atoms with van der Waals surface area (Å²) in [5.41, 5.74) is 2.52. The number of carbonyl (C=O) groups is 1. The van der Waals surface area contributed by atoms with Crippen molar-refractivity contribution in [1.29, 1.82) is 0 Å². The van der Waals surface area contributed by atoms with Crippen LogP contribution in [0.5, 0.6) is 0 Å². The summed E-state index contributed by atoms with van der Waals surface area (Å²) in [6, 6.07) is 8.84. The van der Waals surface area contributed by atoms with Gasteiger partial charge in [-0.25, -0.2) is 0 Å². The van der Waals surface area contributed by atoms with E-state index in [1.54, 1.807) is 0 Å². The molecule has 0 aliphatic carbocycles. The molecule has 0 aromatic heterocycles. The van der Waals surface area contributed by atoms with Gasteiger partial charge >= 0.3 is 0 Å². The highest BCUT2D eigenvalue weighted by molar-refractivity contribution is 5.85. The van der Waals surface area contributed by atoms with Crippen molar-refractivity contribution in [3.8, 4) is 0 Å². The van der Waals surface area contributed by atoms with Crippen LogP contribution in [0.2, 0.25) is 0 Å². The number of nitrogens with zero attached hydrogens (tertiary/aromatic N) is 1. The van der Waals surface area contributed by atoms with Crippen LogP contribution in [0.25, 0.3) is 0 Å². The van der Waals surface area contributed by atoms with Gasteiger partial charge < -0.3 is 15.4 Å². The Kier molecular flexibility index (Phi) is 10.5. The molecule has 2 saturated heterocycles. The summed E-state index contributed by atoms with van der Waals surface area (Å²) in [5.74, 6) is 0.139. The van der Waals surface area contributed by atoms with Crippen molar-refractivity contribution in [2.24, 2.45) is 0 Å². The number of halogens is 2. The van der Waals surface area contributed by atoms with Gasteiger partial charge in [0.2, 0.25) is 5.91 Å². The third-order valence-electron chi connectivity index (χ3n) is 5.05. The van der Waals surface area contributed by atoms with Crippen LogP contribution >= 0.6 is 24.8 Å². The second-order valence-electron chi connectivity index (χ2n) is 6.82. The predicted octanol–water partition coefficient (Wildman–Crippen LogP) is 2.47. The van der Waals surface area contributed by atoms with E-state index in [9.17, 15) is 4.79 Å². The highest BCUT2D eigenvalue weighted by atomic mass is 35.5. The van der Waals surface area contributed by atoms with Gasteiger partial charge in [0.25, 0.3) is 0 Å². The summed E-state index contributed by atoms with van der Waals surface area (Å²) < 4.78 is 5.49. The monoisotopic (exact) mass is 403 g/mol. The SMILES string of the molecule is Cc1ccc(C(CNC(=O)[C@H]2CCCCN2)N2CCOCC2)cc1.Cl.Cl. The van der Waals surface area contributed by atoms with Crippen LogP contribution in [0.3, 0.4) is 0 Å². The second kappa shape index (κ2) is 11.8. The van der Waals surface area contributed by atoms with E-state index in [1.807, 2.05) is 0 Å². The maximum atomic E-state index is 12.5. The molecule has 1 aromatic carbocycles. The molecule has 0 bridgehead atoms. The molecule has 2 aliphatic heterocycles. The number of aryl methyl sites for hydroxylation is 1. The molecule has 2 fully saturated rings. The fourth-order valence-electron chi connectivity index (χ4n) is 3.53. The van der Waals surface area contributed by atoms with Gasteiger partial charge in [-0.1, -0.05) is 36.2 Å². The van der Waals surface area contributed by atoms with Crippen LogP contribution in [0.4, 0.5) is 0 Å². The fourth-order valence-corrected chi connectivity index (χ4v) is 3.53. The Morgan fingerprint density at radius 3 is 2.54 bits per heavy atom. The number of piperidine rings is 1. The van der Waals surface area contributed by atoms with Gasteiger partial charge in [0.15, 0.2) is 0 Å². The number of morpholine rings is 1. The zero-order chi connectivity index (χ0) is 16.8. The van der Waals surface area contributed by atoms with E-state index < -0.39 is 0 Å². The number of nitrogens with one attached hydrogen (secondary N) is 2. The average molecular weight is 404 g/mol. The molecule has 1 amide bonds. The second-order valence-corrected chi connectivity index (χ2v) is 6.82. The zero-order valence-electron chi connectivity index (χ0n) is 15.4. The molecule has 5 nitrogen and oxygen atoms in total. The molecule has 0 radical (unpaired) electrons. The molecule has 3 rings (SSSR count). The Labute approximate surface area is 169 Å². The lowest BCUT2D eigenvalue weighted by Crippen LogP contribution is -2.49. The van der Waals surface area contributed by atoms with Gasteiger partial charge in [-0.15, -0.1) is 24.8 Å². The highest BCUT2D eigenvalue weighted by Gasteiger charge is 2.25. The number of ether oxygens (including phenoxy) is 1. The Hall–Kier alpha value is -0.850. The van der Waals surface area contributed by atoms with Gasteiger partial charge in [-0.05, 0) is 31.9 Å². The summed E-state index contributed by atoms with van der Waals surface area (Å²) in [6.07, 6.45) is 3.25. The predicted molar refractivity (Wildman–Crippen MR) is 109 cm³/mol. The molecule has 2 N–H and O–H groups in total. The first-order chi connectivity index (χ1) is 11.7. The summed E-state index contributed by atoms with van der Waals surface area (Å²) in [6.45, 7) is 7.06. The quantitative estimate of drug-likeness (QED) is 0.792. The topological polar surface area (TPSA) is 53.6 Å². The number of hydrogen-bond donors (Lipinski definition) is 2. The first-order valence-corrected chi connectivity index (χ1v) is 9.13. The van der Waals surface area contributed by atoms with Gasteiger partial charge in [-0.3, -0.25) is 9.69 Å². The minimum absolute atomic E-state index is 0. The molecule has 26 heavy (non-hydrogen) atoms. The van der Waals surface area contributed by atoms with Crippen LogP contribution in [-0.2, 0) is 9.53 Å². The van der Waals surface area contributed by atoms with E-state index in [2.05, 4.69) is 46.7 Å².